The van der Waals surface area contributed by atoms with E-state index in [1.54, 1.807) is 24.2 Å². The Labute approximate surface area is 173 Å². The van der Waals surface area contributed by atoms with Crippen molar-refractivity contribution in [3.8, 4) is 5.75 Å². The molecule has 8 nitrogen and oxygen atoms in total. The van der Waals surface area contributed by atoms with Crippen LogP contribution in [0.1, 0.15) is 23.4 Å². The fourth-order valence-corrected chi connectivity index (χ4v) is 4.69. The van der Waals surface area contributed by atoms with Gasteiger partial charge in [-0.3, -0.25) is 19.1 Å². The Hall–Kier alpha value is -3.13. The molecule has 8 heteroatoms. The van der Waals surface area contributed by atoms with Gasteiger partial charge >= 0.3 is 11.1 Å². The lowest BCUT2D eigenvalue weighted by Crippen LogP contribution is -2.43. The second-order valence-corrected chi connectivity index (χ2v) is 8.39. The standard InChI is InChI=1S/C22H24N4O4/c1-29-18-4-2-16(3-5-18)12-26-21(28)20(27)25-15-22(10-19(25)23-26)7-8-24(14-22)11-17-6-9-30-13-17/h2-6,9,13H,7-8,10-12,14-15H2,1H3. The van der Waals surface area contributed by atoms with Gasteiger partial charge in [-0.2, -0.15) is 5.10 Å². The molecule has 2 aliphatic rings. The lowest BCUT2D eigenvalue weighted by atomic mass is 9.86. The Morgan fingerprint density at radius 2 is 1.90 bits per heavy atom. The Morgan fingerprint density at radius 3 is 2.63 bits per heavy atom. The van der Waals surface area contributed by atoms with Gasteiger partial charge < -0.3 is 9.15 Å². The molecule has 1 saturated heterocycles. The van der Waals surface area contributed by atoms with Crippen LogP contribution in [-0.4, -0.2) is 39.4 Å². The summed E-state index contributed by atoms with van der Waals surface area (Å²) in [5.41, 5.74) is 0.972. The lowest BCUT2D eigenvalue weighted by Gasteiger charge is -2.22. The van der Waals surface area contributed by atoms with Gasteiger partial charge in [0.15, 0.2) is 0 Å². The van der Waals surface area contributed by atoms with Crippen molar-refractivity contribution in [3.63, 3.8) is 0 Å². The number of ether oxygens (including phenoxy) is 1. The number of likely N-dealkylation sites (tertiary alicyclic amines) is 1. The molecule has 0 bridgehead atoms. The number of hydrogen-bond donors (Lipinski definition) is 0. The third kappa shape index (κ3) is 3.37. The first-order valence-corrected chi connectivity index (χ1v) is 10.1. The highest BCUT2D eigenvalue weighted by Crippen LogP contribution is 2.39. The predicted molar refractivity (Wildman–Crippen MR) is 110 cm³/mol. The zero-order valence-electron chi connectivity index (χ0n) is 16.9. The van der Waals surface area contributed by atoms with Gasteiger partial charge in [0, 0.05) is 37.0 Å². The Morgan fingerprint density at radius 1 is 1.07 bits per heavy atom. The third-order valence-corrected chi connectivity index (χ3v) is 6.23. The van der Waals surface area contributed by atoms with Crippen molar-refractivity contribution in [2.75, 3.05) is 20.2 Å². The molecule has 5 rings (SSSR count). The van der Waals surface area contributed by atoms with Crippen LogP contribution >= 0.6 is 0 Å². The minimum atomic E-state index is -0.570. The molecule has 2 aromatic heterocycles. The van der Waals surface area contributed by atoms with E-state index in [0.29, 0.717) is 18.8 Å². The molecule has 1 aromatic carbocycles. The molecule has 1 atom stereocenters. The van der Waals surface area contributed by atoms with Crippen molar-refractivity contribution >= 4 is 0 Å². The predicted octanol–water partition coefficient (Wildman–Crippen LogP) is 1.50. The van der Waals surface area contributed by atoms with Crippen molar-refractivity contribution < 1.29 is 9.15 Å². The molecule has 1 fully saturated rings. The molecule has 156 valence electrons. The number of fused-ring (bicyclic) bond motifs is 1. The lowest BCUT2D eigenvalue weighted by molar-refractivity contribution is 0.246. The van der Waals surface area contributed by atoms with E-state index in [9.17, 15) is 9.59 Å². The smallest absolute Gasteiger partial charge is 0.332 e. The van der Waals surface area contributed by atoms with Crippen molar-refractivity contribution in [1.29, 1.82) is 0 Å². The van der Waals surface area contributed by atoms with Crippen LogP contribution < -0.4 is 15.9 Å². The summed E-state index contributed by atoms with van der Waals surface area (Å²) in [6.07, 6.45) is 5.16. The summed E-state index contributed by atoms with van der Waals surface area (Å²) in [6.45, 7) is 3.51. The van der Waals surface area contributed by atoms with Crippen LogP contribution in [0.2, 0.25) is 0 Å². The molecule has 0 saturated carbocycles. The zero-order chi connectivity index (χ0) is 20.7. The topological polar surface area (TPSA) is 82.5 Å². The molecular formula is C22H24N4O4. The highest BCUT2D eigenvalue weighted by Gasteiger charge is 2.44. The Bertz CT molecular complexity index is 1160. The maximum absolute atomic E-state index is 12.8. The van der Waals surface area contributed by atoms with Crippen LogP contribution in [0, 0.1) is 5.41 Å². The summed E-state index contributed by atoms with van der Waals surface area (Å²) in [5, 5.41) is 4.57. The SMILES string of the molecule is COc1ccc(Cn2nc3n(c(=O)c2=O)CC2(CCN(Cc4ccoc4)C2)C3)cc1. The summed E-state index contributed by atoms with van der Waals surface area (Å²) in [7, 11) is 1.61. The molecule has 1 spiro atoms. The van der Waals surface area contributed by atoms with E-state index < -0.39 is 11.1 Å². The van der Waals surface area contributed by atoms with Crippen LogP contribution in [0.5, 0.6) is 5.75 Å². The molecule has 4 heterocycles. The Kier molecular flexibility index (Phi) is 4.58. The first-order chi connectivity index (χ1) is 14.5. The van der Waals surface area contributed by atoms with Crippen molar-refractivity contribution in [3.05, 3.63) is 80.5 Å². The average Bonchev–Trinajstić information content (AvgIpc) is 3.48. The van der Waals surface area contributed by atoms with Gasteiger partial charge in [-0.25, -0.2) is 4.68 Å². The van der Waals surface area contributed by atoms with E-state index in [4.69, 9.17) is 9.15 Å². The minimum Gasteiger partial charge on any atom is -0.497 e. The summed E-state index contributed by atoms with van der Waals surface area (Å²) in [6, 6.07) is 9.41. The number of rotatable bonds is 5. The summed E-state index contributed by atoms with van der Waals surface area (Å²) in [4.78, 5) is 27.8. The normalized spacial score (nSPS) is 20.7. The molecule has 0 aliphatic carbocycles. The number of furan rings is 1. The van der Waals surface area contributed by atoms with Gasteiger partial charge in [-0.15, -0.1) is 0 Å². The van der Waals surface area contributed by atoms with Crippen LogP contribution in [0.15, 0.2) is 56.9 Å². The maximum Gasteiger partial charge on any atom is 0.332 e. The van der Waals surface area contributed by atoms with E-state index in [0.717, 1.165) is 42.9 Å². The number of nitrogens with zero attached hydrogens (tertiary/aromatic N) is 4. The number of hydrogen-bond acceptors (Lipinski definition) is 6. The van der Waals surface area contributed by atoms with Crippen molar-refractivity contribution in [2.45, 2.75) is 32.5 Å². The molecule has 30 heavy (non-hydrogen) atoms. The Balaban J connectivity index is 1.36. The monoisotopic (exact) mass is 408 g/mol. The van der Waals surface area contributed by atoms with E-state index in [2.05, 4.69) is 10.00 Å². The third-order valence-electron chi connectivity index (χ3n) is 6.23. The summed E-state index contributed by atoms with van der Waals surface area (Å²) in [5.74, 6) is 1.45. The number of aromatic nitrogens is 3. The molecule has 2 aliphatic heterocycles. The average molecular weight is 408 g/mol. The second kappa shape index (κ2) is 7.28. The highest BCUT2D eigenvalue weighted by molar-refractivity contribution is 5.27. The van der Waals surface area contributed by atoms with Crippen molar-refractivity contribution in [2.24, 2.45) is 5.41 Å². The van der Waals surface area contributed by atoms with Crippen molar-refractivity contribution in [1.82, 2.24) is 19.2 Å². The van der Waals surface area contributed by atoms with Gasteiger partial charge in [0.2, 0.25) is 0 Å². The van der Waals surface area contributed by atoms with Crippen LogP contribution in [0.4, 0.5) is 0 Å². The first kappa shape index (κ1) is 18.9. The van der Waals surface area contributed by atoms with Gasteiger partial charge in [-0.1, -0.05) is 12.1 Å². The molecule has 1 unspecified atom stereocenters. The van der Waals surface area contributed by atoms with Gasteiger partial charge in [0.25, 0.3) is 0 Å². The fraction of sp³-hybridized carbons (Fsp3) is 0.409. The molecule has 3 aromatic rings. The molecule has 0 radical (unpaired) electrons. The van der Waals surface area contributed by atoms with E-state index >= 15 is 0 Å². The number of benzene rings is 1. The van der Waals surface area contributed by atoms with Crippen LogP contribution in [-0.2, 0) is 26.1 Å². The fourth-order valence-electron chi connectivity index (χ4n) is 4.69. The van der Waals surface area contributed by atoms with Crippen LogP contribution in [0.25, 0.3) is 0 Å². The maximum atomic E-state index is 12.8. The van der Waals surface area contributed by atoms with Gasteiger partial charge in [0.05, 0.1) is 26.2 Å². The summed E-state index contributed by atoms with van der Waals surface area (Å²) < 4.78 is 13.2. The van der Waals surface area contributed by atoms with E-state index in [1.165, 1.54) is 4.68 Å². The first-order valence-electron chi connectivity index (χ1n) is 10.1. The molecule has 0 N–H and O–H groups in total. The zero-order valence-corrected chi connectivity index (χ0v) is 16.9. The minimum absolute atomic E-state index is 0.0331. The second-order valence-electron chi connectivity index (χ2n) is 8.39. The quantitative estimate of drug-likeness (QED) is 0.595. The summed E-state index contributed by atoms with van der Waals surface area (Å²) >= 11 is 0. The van der Waals surface area contributed by atoms with Crippen LogP contribution in [0.3, 0.4) is 0 Å². The highest BCUT2D eigenvalue weighted by atomic mass is 16.5. The largest absolute Gasteiger partial charge is 0.497 e. The molecular weight excluding hydrogens is 384 g/mol. The van der Waals surface area contributed by atoms with E-state index in [1.807, 2.05) is 30.3 Å². The number of methoxy groups -OCH3 is 1. The molecule has 0 amide bonds. The van der Waals surface area contributed by atoms with E-state index in [-0.39, 0.29) is 12.0 Å². The van der Waals surface area contributed by atoms with Gasteiger partial charge in [-0.05, 0) is 36.7 Å². The van der Waals surface area contributed by atoms with Gasteiger partial charge in [0.1, 0.15) is 11.6 Å².